The largest absolute Gasteiger partial charge is 0.375 e. The minimum absolute atomic E-state index is 0.430. The van der Waals surface area contributed by atoms with Crippen LogP contribution >= 0.6 is 0 Å². The highest BCUT2D eigenvalue weighted by atomic mass is 16.5. The van der Waals surface area contributed by atoms with Gasteiger partial charge >= 0.3 is 0 Å². The average molecular weight is 240 g/mol. The van der Waals surface area contributed by atoms with Crippen molar-refractivity contribution in [2.45, 2.75) is 89.8 Å². The Morgan fingerprint density at radius 3 is 2.41 bits per heavy atom. The van der Waals surface area contributed by atoms with Gasteiger partial charge in [0.1, 0.15) is 6.29 Å². The highest BCUT2D eigenvalue weighted by Gasteiger charge is 2.21. The zero-order chi connectivity index (χ0) is 12.3. The van der Waals surface area contributed by atoms with Crippen LogP contribution in [0.4, 0.5) is 0 Å². The molecule has 0 amide bonds. The number of carbonyl (C=O) groups is 1. The maximum Gasteiger partial charge on any atom is 0.119 e. The molecule has 1 fully saturated rings. The molecule has 1 rings (SSSR count). The van der Waals surface area contributed by atoms with Gasteiger partial charge in [-0.1, -0.05) is 32.6 Å². The Hall–Kier alpha value is -0.370. The third-order valence-electron chi connectivity index (χ3n) is 3.66. The second-order valence-electron chi connectivity index (χ2n) is 5.26. The van der Waals surface area contributed by atoms with E-state index in [0.29, 0.717) is 18.6 Å². The van der Waals surface area contributed by atoms with Crippen LogP contribution in [-0.4, -0.2) is 18.5 Å². The van der Waals surface area contributed by atoms with Gasteiger partial charge in [0.2, 0.25) is 0 Å². The highest BCUT2D eigenvalue weighted by Crippen LogP contribution is 2.25. The monoisotopic (exact) mass is 240 g/mol. The molecule has 0 aromatic rings. The van der Waals surface area contributed by atoms with Gasteiger partial charge in [0.15, 0.2) is 0 Å². The quantitative estimate of drug-likeness (QED) is 0.444. The molecular formula is C15H28O2. The number of hydrogen-bond acceptors (Lipinski definition) is 2. The van der Waals surface area contributed by atoms with E-state index in [1.54, 1.807) is 0 Å². The predicted molar refractivity (Wildman–Crippen MR) is 71.2 cm³/mol. The summed E-state index contributed by atoms with van der Waals surface area (Å²) in [4.78, 5) is 10.3. The van der Waals surface area contributed by atoms with Crippen molar-refractivity contribution in [2.75, 3.05) is 0 Å². The van der Waals surface area contributed by atoms with Gasteiger partial charge in [-0.3, -0.25) is 0 Å². The Bertz CT molecular complexity index is 191. The summed E-state index contributed by atoms with van der Waals surface area (Å²) >= 11 is 0. The molecule has 0 aromatic carbocycles. The fraction of sp³-hybridized carbons (Fsp3) is 0.933. The Balaban J connectivity index is 2.08. The van der Waals surface area contributed by atoms with Crippen LogP contribution in [0.3, 0.4) is 0 Å². The van der Waals surface area contributed by atoms with E-state index in [2.05, 4.69) is 6.92 Å². The number of aldehydes is 1. The normalized spacial score (nSPS) is 24.8. The van der Waals surface area contributed by atoms with E-state index in [1.807, 2.05) is 0 Å². The smallest absolute Gasteiger partial charge is 0.119 e. The molecule has 1 aliphatic rings. The molecule has 1 saturated heterocycles. The zero-order valence-corrected chi connectivity index (χ0v) is 11.3. The summed E-state index contributed by atoms with van der Waals surface area (Å²) in [5.41, 5.74) is 0. The van der Waals surface area contributed by atoms with Gasteiger partial charge in [-0.15, -0.1) is 0 Å². The lowest BCUT2D eigenvalue weighted by molar-refractivity contribution is -0.108. The fourth-order valence-electron chi connectivity index (χ4n) is 2.63. The summed E-state index contributed by atoms with van der Waals surface area (Å²) in [5, 5.41) is 0. The second kappa shape index (κ2) is 9.64. The number of carbonyl (C=O) groups excluding carboxylic acids is 1. The number of ether oxygens (including phenoxy) is 1. The molecule has 0 aromatic heterocycles. The molecule has 1 aliphatic heterocycles. The van der Waals surface area contributed by atoms with Crippen molar-refractivity contribution in [1.82, 2.24) is 0 Å². The van der Waals surface area contributed by atoms with E-state index < -0.39 is 0 Å². The lowest BCUT2D eigenvalue weighted by atomic mass is 9.97. The first-order valence-electron chi connectivity index (χ1n) is 7.46. The minimum Gasteiger partial charge on any atom is -0.375 e. The van der Waals surface area contributed by atoms with Gasteiger partial charge in [0.05, 0.1) is 12.2 Å². The Kier molecular flexibility index (Phi) is 8.33. The lowest BCUT2D eigenvalue weighted by Gasteiger charge is -2.30. The molecule has 1 heterocycles. The summed E-state index contributed by atoms with van der Waals surface area (Å²) in [6.07, 6.45) is 15.0. The maximum atomic E-state index is 10.3. The standard InChI is InChI=1S/C15H28O2/c1-2-3-4-5-9-14-11-8-12-15(17-14)10-6-7-13-16/h13-15H,2-12H2,1H3/t14-,15+/m0/s1. The topological polar surface area (TPSA) is 26.3 Å². The van der Waals surface area contributed by atoms with E-state index in [0.717, 1.165) is 19.1 Å². The van der Waals surface area contributed by atoms with Crippen molar-refractivity contribution >= 4 is 6.29 Å². The summed E-state index contributed by atoms with van der Waals surface area (Å²) in [6, 6.07) is 0. The van der Waals surface area contributed by atoms with Gasteiger partial charge in [0.25, 0.3) is 0 Å². The average Bonchev–Trinajstić information content (AvgIpc) is 2.36. The number of unbranched alkanes of at least 4 members (excludes halogenated alkanes) is 4. The molecule has 0 bridgehead atoms. The van der Waals surface area contributed by atoms with E-state index in [1.165, 1.54) is 51.4 Å². The molecule has 100 valence electrons. The molecule has 0 spiro atoms. The van der Waals surface area contributed by atoms with Crippen molar-refractivity contribution in [3.05, 3.63) is 0 Å². The van der Waals surface area contributed by atoms with Crippen LogP contribution in [0.1, 0.15) is 77.6 Å². The van der Waals surface area contributed by atoms with Crippen LogP contribution in [-0.2, 0) is 9.53 Å². The minimum atomic E-state index is 0.430. The Morgan fingerprint density at radius 2 is 1.76 bits per heavy atom. The predicted octanol–water partition coefficient (Wildman–Crippen LogP) is 4.26. The van der Waals surface area contributed by atoms with Crippen molar-refractivity contribution in [3.63, 3.8) is 0 Å². The van der Waals surface area contributed by atoms with E-state index in [4.69, 9.17) is 4.74 Å². The van der Waals surface area contributed by atoms with Crippen molar-refractivity contribution < 1.29 is 9.53 Å². The molecule has 0 aliphatic carbocycles. The molecule has 0 N–H and O–H groups in total. The van der Waals surface area contributed by atoms with Gasteiger partial charge in [0, 0.05) is 6.42 Å². The highest BCUT2D eigenvalue weighted by molar-refractivity contribution is 5.48. The van der Waals surface area contributed by atoms with Crippen LogP contribution in [0.5, 0.6) is 0 Å². The van der Waals surface area contributed by atoms with Crippen molar-refractivity contribution in [1.29, 1.82) is 0 Å². The van der Waals surface area contributed by atoms with Crippen LogP contribution in [0.25, 0.3) is 0 Å². The Labute approximate surface area is 106 Å². The number of hydrogen-bond donors (Lipinski definition) is 0. The van der Waals surface area contributed by atoms with E-state index >= 15 is 0 Å². The zero-order valence-electron chi connectivity index (χ0n) is 11.3. The van der Waals surface area contributed by atoms with E-state index in [-0.39, 0.29) is 0 Å². The van der Waals surface area contributed by atoms with Crippen LogP contribution < -0.4 is 0 Å². The molecule has 0 saturated carbocycles. The summed E-state index contributed by atoms with van der Waals surface area (Å²) in [6.45, 7) is 2.25. The molecule has 2 nitrogen and oxygen atoms in total. The molecule has 2 heteroatoms. The van der Waals surface area contributed by atoms with Crippen molar-refractivity contribution in [3.8, 4) is 0 Å². The summed E-state index contributed by atoms with van der Waals surface area (Å²) in [5.74, 6) is 0. The van der Waals surface area contributed by atoms with Gasteiger partial charge in [-0.25, -0.2) is 0 Å². The number of rotatable bonds is 9. The van der Waals surface area contributed by atoms with Crippen LogP contribution in [0.15, 0.2) is 0 Å². The van der Waals surface area contributed by atoms with Gasteiger partial charge in [-0.05, 0) is 38.5 Å². The first-order chi connectivity index (χ1) is 8.36. The lowest BCUT2D eigenvalue weighted by Crippen LogP contribution is -2.27. The Morgan fingerprint density at radius 1 is 1.06 bits per heavy atom. The fourth-order valence-corrected chi connectivity index (χ4v) is 2.63. The summed E-state index contributed by atoms with van der Waals surface area (Å²) in [7, 11) is 0. The molecule has 0 unspecified atom stereocenters. The first kappa shape index (κ1) is 14.7. The van der Waals surface area contributed by atoms with E-state index in [9.17, 15) is 4.79 Å². The first-order valence-corrected chi connectivity index (χ1v) is 7.46. The SMILES string of the molecule is CCCCCC[C@H]1CCC[C@@H](CCCC=O)O1. The van der Waals surface area contributed by atoms with Crippen molar-refractivity contribution in [2.24, 2.45) is 0 Å². The molecular weight excluding hydrogens is 212 g/mol. The maximum absolute atomic E-state index is 10.3. The van der Waals surface area contributed by atoms with Crippen LogP contribution in [0, 0.1) is 0 Å². The third kappa shape index (κ3) is 6.82. The van der Waals surface area contributed by atoms with Gasteiger partial charge in [-0.2, -0.15) is 0 Å². The third-order valence-corrected chi connectivity index (χ3v) is 3.66. The summed E-state index contributed by atoms with van der Waals surface area (Å²) < 4.78 is 6.10. The molecule has 17 heavy (non-hydrogen) atoms. The molecule has 0 radical (unpaired) electrons. The van der Waals surface area contributed by atoms with Gasteiger partial charge < -0.3 is 9.53 Å². The second-order valence-corrected chi connectivity index (χ2v) is 5.26. The van der Waals surface area contributed by atoms with Crippen LogP contribution in [0.2, 0.25) is 0 Å². The molecule has 2 atom stereocenters.